The van der Waals surface area contributed by atoms with Gasteiger partial charge in [0.15, 0.2) is 6.61 Å². The first-order chi connectivity index (χ1) is 4.50. The number of ether oxygens (including phenoxy) is 2. The van der Waals surface area contributed by atoms with Crippen molar-refractivity contribution < 1.29 is 18.8 Å². The summed E-state index contributed by atoms with van der Waals surface area (Å²) in [6.45, 7) is 0.363. The van der Waals surface area contributed by atoms with Gasteiger partial charge in [-0.1, -0.05) is 0 Å². The van der Waals surface area contributed by atoms with E-state index in [1.54, 1.807) is 0 Å². The lowest BCUT2D eigenvalue weighted by atomic mass is 10.5. The summed E-state index contributed by atoms with van der Waals surface area (Å²) in [5, 5.41) is 0. The topological polar surface area (TPSA) is 35.5 Å². The van der Waals surface area contributed by atoms with Crippen LogP contribution in [0.5, 0.6) is 0 Å². The first-order valence-corrected chi connectivity index (χ1v) is 3.14. The monoisotopic (exact) mass is 146 g/mol. The largest absolute Gasteiger partial charge is 0.513 e. The quantitative estimate of drug-likeness (QED) is 0.391. The van der Waals surface area contributed by atoms with E-state index in [4.69, 9.17) is 4.74 Å². The highest BCUT2D eigenvalue weighted by Gasteiger charge is 2.35. The molecule has 58 valence electrons. The predicted molar refractivity (Wildman–Crippen MR) is 34.3 cm³/mol. The van der Waals surface area contributed by atoms with E-state index in [9.17, 15) is 4.79 Å². The molecule has 0 spiro atoms. The number of nitrogens with zero attached hydrogens (tertiary/aromatic N) is 1. The van der Waals surface area contributed by atoms with Crippen LogP contribution in [-0.2, 0) is 9.47 Å². The molecule has 4 nitrogen and oxygen atoms in total. The Balaban J connectivity index is 2.53. The number of likely N-dealkylation sites (N-methyl/N-ethyl adjacent to an activating group) is 1. The maximum atomic E-state index is 10.4. The molecule has 1 atom stereocenters. The molecule has 1 unspecified atom stereocenters. The molecule has 0 N–H and O–H groups in total. The van der Waals surface area contributed by atoms with E-state index in [-0.39, 0.29) is 6.23 Å². The van der Waals surface area contributed by atoms with Crippen LogP contribution in [0.3, 0.4) is 0 Å². The van der Waals surface area contributed by atoms with Crippen LogP contribution in [0.1, 0.15) is 0 Å². The molecule has 10 heavy (non-hydrogen) atoms. The normalized spacial score (nSPS) is 25.9. The number of cyclic esters (lactones) is 2. The minimum atomic E-state index is -0.557. The molecule has 1 heterocycles. The Morgan fingerprint density at radius 1 is 1.50 bits per heavy atom. The maximum absolute atomic E-state index is 10.4. The molecule has 1 fully saturated rings. The summed E-state index contributed by atoms with van der Waals surface area (Å²) < 4.78 is 10.0. The van der Waals surface area contributed by atoms with Crippen molar-refractivity contribution >= 4 is 6.16 Å². The number of hydrogen-bond donors (Lipinski definition) is 0. The summed E-state index contributed by atoms with van der Waals surface area (Å²) >= 11 is 0. The molecule has 0 aromatic heterocycles. The molecule has 1 saturated heterocycles. The molecule has 0 aliphatic carbocycles. The fraction of sp³-hybridized carbons (Fsp3) is 0.833. The van der Waals surface area contributed by atoms with Gasteiger partial charge in [-0.15, -0.1) is 0 Å². The number of carbonyl (C=O) groups excluding carboxylic acids is 1. The van der Waals surface area contributed by atoms with Crippen molar-refractivity contribution in [1.29, 1.82) is 0 Å². The molecule has 0 aromatic carbocycles. The van der Waals surface area contributed by atoms with Crippen LogP contribution in [-0.4, -0.2) is 44.6 Å². The van der Waals surface area contributed by atoms with Crippen molar-refractivity contribution in [3.05, 3.63) is 0 Å². The van der Waals surface area contributed by atoms with Gasteiger partial charge in [0, 0.05) is 0 Å². The van der Waals surface area contributed by atoms with Gasteiger partial charge < -0.3 is 9.47 Å². The summed E-state index contributed by atoms with van der Waals surface area (Å²) in [5.41, 5.74) is 0. The molecule has 0 radical (unpaired) electrons. The van der Waals surface area contributed by atoms with E-state index in [0.717, 1.165) is 0 Å². The molecule has 0 bridgehead atoms. The third kappa shape index (κ3) is 1.39. The van der Waals surface area contributed by atoms with E-state index in [0.29, 0.717) is 11.1 Å². The number of quaternary nitrogens is 1. The zero-order valence-electron chi connectivity index (χ0n) is 6.46. The first kappa shape index (κ1) is 7.34. The van der Waals surface area contributed by atoms with Gasteiger partial charge >= 0.3 is 6.16 Å². The minimum Gasteiger partial charge on any atom is -0.424 e. The maximum Gasteiger partial charge on any atom is 0.513 e. The van der Waals surface area contributed by atoms with Crippen molar-refractivity contribution in [3.63, 3.8) is 0 Å². The fourth-order valence-electron chi connectivity index (χ4n) is 0.700. The van der Waals surface area contributed by atoms with E-state index in [1.165, 1.54) is 0 Å². The lowest BCUT2D eigenvalue weighted by Gasteiger charge is -2.27. The van der Waals surface area contributed by atoms with Crippen LogP contribution in [0.2, 0.25) is 0 Å². The minimum absolute atomic E-state index is 0.146. The van der Waals surface area contributed by atoms with Crippen LogP contribution < -0.4 is 0 Å². The highest BCUT2D eigenvalue weighted by atomic mass is 16.8. The van der Waals surface area contributed by atoms with Crippen molar-refractivity contribution in [2.24, 2.45) is 0 Å². The van der Waals surface area contributed by atoms with Crippen LogP contribution in [0.4, 0.5) is 4.79 Å². The van der Waals surface area contributed by atoms with E-state index < -0.39 is 6.16 Å². The average molecular weight is 146 g/mol. The van der Waals surface area contributed by atoms with Gasteiger partial charge in [0.2, 0.25) is 0 Å². The van der Waals surface area contributed by atoms with Crippen molar-refractivity contribution in [3.8, 4) is 0 Å². The zero-order chi connectivity index (χ0) is 7.78. The van der Waals surface area contributed by atoms with E-state index >= 15 is 0 Å². The second kappa shape index (κ2) is 2.12. The third-order valence-electron chi connectivity index (χ3n) is 1.44. The molecule has 0 aromatic rings. The lowest BCUT2D eigenvalue weighted by molar-refractivity contribution is -0.914. The molecule has 1 rings (SSSR count). The highest BCUT2D eigenvalue weighted by Crippen LogP contribution is 2.12. The molecule has 4 heteroatoms. The van der Waals surface area contributed by atoms with Gasteiger partial charge in [-0.3, -0.25) is 4.48 Å². The zero-order valence-corrected chi connectivity index (χ0v) is 6.46. The van der Waals surface area contributed by atoms with Crippen molar-refractivity contribution in [2.45, 2.75) is 6.23 Å². The second-order valence-electron chi connectivity index (χ2n) is 3.25. The Morgan fingerprint density at radius 2 is 2.10 bits per heavy atom. The third-order valence-corrected chi connectivity index (χ3v) is 1.44. The van der Waals surface area contributed by atoms with Crippen LogP contribution in [0.15, 0.2) is 0 Å². The van der Waals surface area contributed by atoms with Gasteiger partial charge in [-0.2, -0.15) is 0 Å². The second-order valence-corrected chi connectivity index (χ2v) is 3.25. The molecular weight excluding hydrogens is 134 g/mol. The Morgan fingerprint density at radius 3 is 2.30 bits per heavy atom. The van der Waals surface area contributed by atoms with Gasteiger partial charge in [0.05, 0.1) is 21.1 Å². The average Bonchev–Trinajstić information content (AvgIpc) is 2.11. The highest BCUT2D eigenvalue weighted by molar-refractivity contribution is 5.61. The summed E-state index contributed by atoms with van der Waals surface area (Å²) in [6, 6.07) is 0. The van der Waals surface area contributed by atoms with E-state index in [1.807, 2.05) is 21.1 Å². The van der Waals surface area contributed by atoms with Gasteiger partial charge in [-0.25, -0.2) is 4.79 Å². The Labute approximate surface area is 59.9 Å². The van der Waals surface area contributed by atoms with Crippen LogP contribution in [0, 0.1) is 0 Å². The number of rotatable bonds is 1. The molecule has 0 amide bonds. The van der Waals surface area contributed by atoms with Gasteiger partial charge in [0.1, 0.15) is 0 Å². The lowest BCUT2D eigenvalue weighted by Crippen LogP contribution is -2.46. The molecule has 1 aliphatic rings. The van der Waals surface area contributed by atoms with Gasteiger partial charge in [-0.05, 0) is 0 Å². The van der Waals surface area contributed by atoms with Crippen LogP contribution in [0.25, 0.3) is 0 Å². The standard InChI is InChI=1S/C6H12NO3/c1-7(2,3)5-4-9-6(8)10-5/h5H,4H2,1-3H3/q+1. The summed E-state index contributed by atoms with van der Waals surface area (Å²) in [4.78, 5) is 10.4. The number of carbonyl (C=O) groups is 1. The Kier molecular flexibility index (Phi) is 1.56. The Bertz CT molecular complexity index is 150. The van der Waals surface area contributed by atoms with E-state index in [2.05, 4.69) is 4.74 Å². The number of hydrogen-bond acceptors (Lipinski definition) is 3. The molecule has 1 aliphatic heterocycles. The van der Waals surface area contributed by atoms with Crippen molar-refractivity contribution in [2.75, 3.05) is 27.7 Å². The van der Waals surface area contributed by atoms with Crippen LogP contribution >= 0.6 is 0 Å². The van der Waals surface area contributed by atoms with Gasteiger partial charge in [0.25, 0.3) is 6.23 Å². The fourth-order valence-corrected chi connectivity index (χ4v) is 0.700. The first-order valence-electron chi connectivity index (χ1n) is 3.14. The van der Waals surface area contributed by atoms with Crippen molar-refractivity contribution in [1.82, 2.24) is 0 Å². The SMILES string of the molecule is C[N+](C)(C)C1COC(=O)O1. The summed E-state index contributed by atoms with van der Waals surface area (Å²) in [6.07, 6.45) is -0.703. The smallest absolute Gasteiger partial charge is 0.424 e. The summed E-state index contributed by atoms with van der Waals surface area (Å²) in [5.74, 6) is 0. The Hall–Kier alpha value is -0.770. The molecule has 0 saturated carbocycles. The molecular formula is C6H12NO3+. The predicted octanol–water partition coefficient (Wildman–Crippen LogP) is 0.185. The summed E-state index contributed by atoms with van der Waals surface area (Å²) in [7, 11) is 5.85.